The molecule has 0 saturated heterocycles. The molecule has 0 aliphatic heterocycles. The highest BCUT2D eigenvalue weighted by Crippen LogP contribution is 2.41. The lowest BCUT2D eigenvalue weighted by molar-refractivity contribution is 0.102. The number of benzene rings is 3. The van der Waals surface area contributed by atoms with Gasteiger partial charge in [-0.1, -0.05) is 63.2 Å². The van der Waals surface area contributed by atoms with Crippen LogP contribution in [0.5, 0.6) is 5.75 Å². The van der Waals surface area contributed by atoms with Crippen molar-refractivity contribution in [3.05, 3.63) is 107 Å². The predicted octanol–water partition coefficient (Wildman–Crippen LogP) is 7.45. The van der Waals surface area contributed by atoms with Gasteiger partial charge in [0.2, 0.25) is 0 Å². The number of rotatable bonds is 11. The van der Waals surface area contributed by atoms with Gasteiger partial charge in [0.1, 0.15) is 35.1 Å². The number of hydrogen-bond acceptors (Lipinski definition) is 8. The summed E-state index contributed by atoms with van der Waals surface area (Å²) in [5.74, 6) is 0.715. The van der Waals surface area contributed by atoms with Gasteiger partial charge in [-0.25, -0.2) is 4.98 Å². The molecule has 2 heterocycles. The second kappa shape index (κ2) is 14.5. The smallest absolute Gasteiger partial charge is 0.265 e. The SMILES string of the molecule is CNN(c1cc(C(C)(C)C)cc(NC(=O)c2cc3cccc(NC(=O)c4ccc(NCc5ccccc5)nc4)c3s2)c1OC)[S+](C)C. The Balaban J connectivity index is 1.36. The van der Waals surface area contributed by atoms with Crippen LogP contribution in [-0.4, -0.2) is 43.5 Å². The number of aromatic nitrogens is 1. The molecule has 0 aliphatic rings. The van der Waals surface area contributed by atoms with Gasteiger partial charge in [0.05, 0.1) is 33.6 Å². The maximum Gasteiger partial charge on any atom is 0.265 e. The average molecular weight is 670 g/mol. The molecule has 0 bridgehead atoms. The number of fused-ring (bicyclic) bond motifs is 1. The fourth-order valence-corrected chi connectivity index (χ4v) is 7.00. The number of methoxy groups -OCH3 is 1. The summed E-state index contributed by atoms with van der Waals surface area (Å²) in [5, 5.41) is 10.3. The summed E-state index contributed by atoms with van der Waals surface area (Å²) in [6.45, 7) is 7.06. The normalized spacial score (nSPS) is 11.4. The number of nitrogens with one attached hydrogen (secondary N) is 4. The molecule has 244 valence electrons. The monoisotopic (exact) mass is 669 g/mol. The molecule has 5 rings (SSSR count). The van der Waals surface area contributed by atoms with Gasteiger partial charge < -0.3 is 20.7 Å². The van der Waals surface area contributed by atoms with Crippen molar-refractivity contribution in [2.45, 2.75) is 32.7 Å². The summed E-state index contributed by atoms with van der Waals surface area (Å²) in [6, 6.07) is 25.1. The number of nitrogens with zero attached hydrogens (tertiary/aromatic N) is 2. The fourth-order valence-electron chi connectivity index (χ4n) is 5.08. The molecule has 2 amide bonds. The van der Waals surface area contributed by atoms with E-state index in [0.717, 1.165) is 26.9 Å². The minimum atomic E-state index is -0.282. The molecule has 4 N–H and O–H groups in total. The van der Waals surface area contributed by atoms with Crippen molar-refractivity contribution in [3.63, 3.8) is 0 Å². The third kappa shape index (κ3) is 7.87. The molecule has 3 aromatic carbocycles. The fraction of sp³-hybridized carbons (Fsp3) is 0.250. The number of anilines is 4. The Kier molecular flexibility index (Phi) is 10.4. The van der Waals surface area contributed by atoms with E-state index < -0.39 is 0 Å². The first kappa shape index (κ1) is 33.8. The number of amides is 2. The van der Waals surface area contributed by atoms with Crippen LogP contribution in [0.25, 0.3) is 10.1 Å². The molecule has 2 aromatic heterocycles. The lowest BCUT2D eigenvalue weighted by Gasteiger charge is -2.27. The van der Waals surface area contributed by atoms with E-state index in [9.17, 15) is 9.59 Å². The van der Waals surface area contributed by atoms with E-state index in [0.29, 0.717) is 39.9 Å². The van der Waals surface area contributed by atoms with Crippen molar-refractivity contribution in [1.29, 1.82) is 0 Å². The standard InChI is InChI=1S/C36H40N6O3S2/c1-36(2,3)26-19-28(32(45-5)29(20-26)42(37-4)47(6)7)41-35(44)30-18-24-14-11-15-27(33(24)46-30)40-34(43)25-16-17-31(39-22-25)38-21-23-12-9-8-10-13-23/h8-20,22,37H,21H2,1-7H3,(H2-,38,39,40,41,43,44)/p+1. The van der Waals surface area contributed by atoms with Crippen LogP contribution in [-0.2, 0) is 23.0 Å². The zero-order valence-corrected chi connectivity index (χ0v) is 29.4. The van der Waals surface area contributed by atoms with Gasteiger partial charge in [-0.15, -0.1) is 15.8 Å². The summed E-state index contributed by atoms with van der Waals surface area (Å²) < 4.78 is 8.72. The van der Waals surface area contributed by atoms with Crippen LogP contribution in [0.15, 0.2) is 85.1 Å². The van der Waals surface area contributed by atoms with Gasteiger partial charge in [0.25, 0.3) is 11.8 Å². The Morgan fingerprint density at radius 2 is 1.66 bits per heavy atom. The van der Waals surface area contributed by atoms with Crippen LogP contribution in [0.2, 0.25) is 0 Å². The zero-order valence-electron chi connectivity index (χ0n) is 27.7. The molecule has 0 atom stereocenters. The van der Waals surface area contributed by atoms with Crippen molar-refractivity contribution in [1.82, 2.24) is 10.4 Å². The van der Waals surface area contributed by atoms with Crippen LogP contribution in [0.3, 0.4) is 0 Å². The minimum absolute atomic E-state index is 0.160. The van der Waals surface area contributed by atoms with Crippen molar-refractivity contribution in [2.24, 2.45) is 0 Å². The second-order valence-electron chi connectivity index (χ2n) is 12.1. The number of pyridine rings is 1. The van der Waals surface area contributed by atoms with Crippen molar-refractivity contribution < 1.29 is 14.3 Å². The van der Waals surface area contributed by atoms with Gasteiger partial charge in [0, 0.05) is 19.8 Å². The summed E-state index contributed by atoms with van der Waals surface area (Å²) in [4.78, 5) is 31.9. The number of carbonyl (C=O) groups is 2. The Labute approximate surface area is 283 Å². The Hall–Kier alpha value is -4.58. The number of hydrogen-bond donors (Lipinski definition) is 4. The first-order chi connectivity index (χ1) is 22.5. The van der Waals surface area contributed by atoms with E-state index in [2.05, 4.69) is 65.7 Å². The third-order valence-electron chi connectivity index (χ3n) is 7.53. The van der Waals surface area contributed by atoms with Crippen LogP contribution in [0.1, 0.15) is 51.9 Å². The molecule has 11 heteroatoms. The lowest BCUT2D eigenvalue weighted by atomic mass is 9.86. The zero-order chi connectivity index (χ0) is 33.7. The molecule has 5 aromatic rings. The van der Waals surface area contributed by atoms with Gasteiger partial charge >= 0.3 is 0 Å². The molecule has 0 fully saturated rings. The predicted molar refractivity (Wildman–Crippen MR) is 198 cm³/mol. The highest BCUT2D eigenvalue weighted by molar-refractivity contribution is 7.96. The molecular weight excluding hydrogens is 629 g/mol. The van der Waals surface area contributed by atoms with Crippen LogP contribution in [0, 0.1) is 0 Å². The minimum Gasteiger partial charge on any atom is -0.492 e. The molecule has 0 aliphatic carbocycles. The topological polar surface area (TPSA) is 108 Å². The quantitative estimate of drug-likeness (QED) is 0.0855. The summed E-state index contributed by atoms with van der Waals surface area (Å²) in [7, 11) is 3.49. The molecule has 0 saturated carbocycles. The Bertz CT molecular complexity index is 1870. The number of thiophene rings is 1. The van der Waals surface area contributed by atoms with Crippen LogP contribution in [0.4, 0.5) is 22.9 Å². The molecule has 0 radical (unpaired) electrons. The molecular formula is C36H41N6O3S2+. The molecule has 47 heavy (non-hydrogen) atoms. The summed E-state index contributed by atoms with van der Waals surface area (Å²) >= 11 is 1.16. The van der Waals surface area contributed by atoms with Gasteiger partial charge in [-0.2, -0.15) is 5.43 Å². The van der Waals surface area contributed by atoms with E-state index >= 15 is 0 Å². The molecule has 0 spiro atoms. The Morgan fingerprint density at radius 3 is 2.30 bits per heavy atom. The van der Waals surface area contributed by atoms with E-state index in [4.69, 9.17) is 4.74 Å². The van der Waals surface area contributed by atoms with Crippen LogP contribution >= 0.6 is 11.3 Å². The third-order valence-corrected chi connectivity index (χ3v) is 9.83. The van der Waals surface area contributed by atoms with E-state index in [1.165, 1.54) is 11.3 Å². The highest BCUT2D eigenvalue weighted by atomic mass is 32.2. The van der Waals surface area contributed by atoms with Crippen LogP contribution < -0.4 is 30.5 Å². The van der Waals surface area contributed by atoms with E-state index in [1.807, 2.05) is 72.1 Å². The Morgan fingerprint density at radius 1 is 0.915 bits per heavy atom. The maximum absolute atomic E-state index is 13.7. The second-order valence-corrected chi connectivity index (χ2v) is 15.1. The summed E-state index contributed by atoms with van der Waals surface area (Å²) in [5.41, 5.74) is 7.79. The van der Waals surface area contributed by atoms with Crippen molar-refractivity contribution in [3.8, 4) is 5.75 Å². The average Bonchev–Trinajstić information content (AvgIpc) is 3.50. The van der Waals surface area contributed by atoms with Gasteiger partial charge in [0.15, 0.2) is 5.75 Å². The largest absolute Gasteiger partial charge is 0.492 e. The summed E-state index contributed by atoms with van der Waals surface area (Å²) in [6.07, 6.45) is 5.78. The van der Waals surface area contributed by atoms with Gasteiger partial charge in [-0.05, 0) is 58.3 Å². The van der Waals surface area contributed by atoms with E-state index in [-0.39, 0.29) is 28.3 Å². The van der Waals surface area contributed by atoms with Gasteiger partial charge in [-0.3, -0.25) is 9.59 Å². The molecule has 9 nitrogen and oxygen atoms in total. The van der Waals surface area contributed by atoms with Crippen molar-refractivity contribution >= 4 is 67.2 Å². The number of hydrazine groups is 1. The number of ether oxygens (including phenoxy) is 1. The maximum atomic E-state index is 13.7. The highest BCUT2D eigenvalue weighted by Gasteiger charge is 2.28. The van der Waals surface area contributed by atoms with E-state index in [1.54, 1.807) is 25.4 Å². The van der Waals surface area contributed by atoms with Crippen molar-refractivity contribution in [2.75, 3.05) is 47.0 Å². The number of carbonyl (C=O) groups excluding carboxylic acids is 2. The first-order valence-corrected chi connectivity index (χ1v) is 18.0. The molecule has 0 unspecified atom stereocenters. The lowest BCUT2D eigenvalue weighted by Crippen LogP contribution is -2.40. The first-order valence-electron chi connectivity index (χ1n) is 15.2.